The van der Waals surface area contributed by atoms with Crippen LogP contribution in [0.4, 0.5) is 0 Å². The molecule has 8 heteroatoms. The molecule has 5 atom stereocenters. The van der Waals surface area contributed by atoms with E-state index in [2.05, 4.69) is 30.3 Å². The number of nitrogens with zero attached hydrogens (tertiary/aromatic N) is 1. The number of hydrogen-bond donors (Lipinski definition) is 1. The smallest absolute Gasteiger partial charge is 0.222 e. The van der Waals surface area contributed by atoms with Crippen molar-refractivity contribution >= 4 is 11.8 Å². The van der Waals surface area contributed by atoms with Crippen molar-refractivity contribution in [2.75, 3.05) is 12.9 Å². The van der Waals surface area contributed by atoms with E-state index in [4.69, 9.17) is 23.7 Å². The van der Waals surface area contributed by atoms with Crippen LogP contribution in [0.1, 0.15) is 68.8 Å². The lowest BCUT2D eigenvalue weighted by molar-refractivity contribution is -0.378. The summed E-state index contributed by atoms with van der Waals surface area (Å²) in [7, 11) is 0. The molecular formula is C52H51NO6S. The number of thioether (sulfide) groups is 1. The van der Waals surface area contributed by atoms with E-state index in [1.807, 2.05) is 140 Å². The molecule has 1 saturated carbocycles. The van der Waals surface area contributed by atoms with Gasteiger partial charge in [-0.2, -0.15) is 5.26 Å². The Kier molecular flexibility index (Phi) is 13.9. The number of ether oxygens (including phenoxy) is 5. The van der Waals surface area contributed by atoms with Crippen LogP contribution in [0, 0.1) is 11.3 Å². The summed E-state index contributed by atoms with van der Waals surface area (Å²) in [6.07, 6.45) is 1.46. The minimum absolute atomic E-state index is 0.0964. The molecule has 0 radical (unpaired) electrons. The van der Waals surface area contributed by atoms with Crippen LogP contribution in [0.3, 0.4) is 0 Å². The van der Waals surface area contributed by atoms with Gasteiger partial charge >= 0.3 is 0 Å². The fourth-order valence-corrected chi connectivity index (χ4v) is 8.56. The Labute approximate surface area is 357 Å². The quantitative estimate of drug-likeness (QED) is 0.0858. The van der Waals surface area contributed by atoms with Crippen LogP contribution in [0.2, 0.25) is 0 Å². The highest BCUT2D eigenvalue weighted by molar-refractivity contribution is 7.98. The van der Waals surface area contributed by atoms with Gasteiger partial charge in [0.2, 0.25) is 5.79 Å². The van der Waals surface area contributed by atoms with Gasteiger partial charge in [-0.3, -0.25) is 0 Å². The minimum atomic E-state index is -2.06. The molecule has 1 heterocycles. The number of aliphatic hydroxyl groups is 1. The summed E-state index contributed by atoms with van der Waals surface area (Å²) in [5.74, 6) is -1.42. The molecule has 2 fully saturated rings. The predicted molar refractivity (Wildman–Crippen MR) is 234 cm³/mol. The molecule has 6 aromatic rings. The van der Waals surface area contributed by atoms with Crippen LogP contribution in [-0.4, -0.2) is 42.4 Å². The van der Waals surface area contributed by atoms with Crippen LogP contribution >= 0.6 is 11.8 Å². The Balaban J connectivity index is 1.22. The largest absolute Gasteiger partial charge is 0.374 e. The maximum atomic E-state index is 13.5. The van der Waals surface area contributed by atoms with Gasteiger partial charge < -0.3 is 28.8 Å². The SMILES string of the molecule is CSc1cc(C2(O)O[C@H](COCc3ccccc3)[C@@H](OCc3ccccc3)[C@H](OCc3ccccc3)[C@H]2OCc2ccccc2)cc(Cc2ccc(C3CC3)cc2)c1C#N. The third-order valence-corrected chi connectivity index (χ3v) is 12.1. The van der Waals surface area contributed by atoms with Gasteiger partial charge in [0.05, 0.1) is 38.6 Å². The lowest BCUT2D eigenvalue weighted by Gasteiger charge is -2.50. The van der Waals surface area contributed by atoms with Crippen molar-refractivity contribution in [3.05, 3.63) is 208 Å². The maximum absolute atomic E-state index is 13.5. The monoisotopic (exact) mass is 817 g/mol. The fourth-order valence-electron chi connectivity index (χ4n) is 7.94. The summed E-state index contributed by atoms with van der Waals surface area (Å²) in [4.78, 5) is 0.736. The van der Waals surface area contributed by atoms with E-state index in [1.54, 1.807) is 0 Å². The van der Waals surface area contributed by atoms with E-state index >= 15 is 0 Å². The first-order chi connectivity index (χ1) is 29.5. The Morgan fingerprint density at radius 1 is 0.650 bits per heavy atom. The Bertz CT molecular complexity index is 2300. The molecule has 8 rings (SSSR count). The summed E-state index contributed by atoms with van der Waals surface area (Å²) in [5.41, 5.74) is 8.15. The summed E-state index contributed by atoms with van der Waals surface area (Å²) < 4.78 is 34.1. The van der Waals surface area contributed by atoms with E-state index in [0.717, 1.165) is 38.3 Å². The molecule has 2 aliphatic rings. The van der Waals surface area contributed by atoms with Gasteiger partial charge in [-0.05, 0) is 82.5 Å². The van der Waals surface area contributed by atoms with E-state index in [9.17, 15) is 10.4 Å². The Hall–Kier alpha value is -5.08. The number of rotatable bonds is 18. The van der Waals surface area contributed by atoms with Crippen molar-refractivity contribution in [2.45, 2.75) is 86.7 Å². The van der Waals surface area contributed by atoms with Crippen LogP contribution < -0.4 is 0 Å². The molecule has 0 amide bonds. The molecule has 60 heavy (non-hydrogen) atoms. The van der Waals surface area contributed by atoms with Gasteiger partial charge in [-0.25, -0.2) is 0 Å². The molecule has 1 aliphatic heterocycles. The van der Waals surface area contributed by atoms with Crippen molar-refractivity contribution in [1.82, 2.24) is 0 Å². The molecule has 6 aromatic carbocycles. The molecule has 0 aromatic heterocycles. The van der Waals surface area contributed by atoms with Crippen molar-refractivity contribution in [3.63, 3.8) is 0 Å². The normalized spacial score (nSPS) is 21.4. The van der Waals surface area contributed by atoms with Crippen LogP contribution in [0.5, 0.6) is 0 Å². The van der Waals surface area contributed by atoms with E-state index < -0.39 is 30.2 Å². The molecule has 1 unspecified atom stereocenters. The number of hydrogen-bond acceptors (Lipinski definition) is 8. The molecule has 7 nitrogen and oxygen atoms in total. The number of nitriles is 1. The first-order valence-electron chi connectivity index (χ1n) is 20.7. The van der Waals surface area contributed by atoms with Crippen molar-refractivity contribution in [1.29, 1.82) is 5.26 Å². The summed E-state index contributed by atoms with van der Waals surface area (Å²) in [6.45, 7) is 1.12. The lowest BCUT2D eigenvalue weighted by atomic mass is 9.85. The zero-order valence-electron chi connectivity index (χ0n) is 33.9. The molecular weight excluding hydrogens is 767 g/mol. The number of benzene rings is 6. The highest BCUT2D eigenvalue weighted by atomic mass is 32.2. The molecule has 1 aliphatic carbocycles. The van der Waals surface area contributed by atoms with Crippen molar-refractivity contribution < 1.29 is 28.8 Å². The molecule has 306 valence electrons. The molecule has 1 saturated heterocycles. The average molecular weight is 818 g/mol. The molecule has 0 bridgehead atoms. The lowest BCUT2D eigenvalue weighted by Crippen LogP contribution is -2.65. The first-order valence-corrected chi connectivity index (χ1v) is 21.9. The Morgan fingerprint density at radius 3 is 1.68 bits per heavy atom. The zero-order valence-corrected chi connectivity index (χ0v) is 34.7. The minimum Gasteiger partial charge on any atom is -0.374 e. The molecule has 1 N–H and O–H groups in total. The van der Waals surface area contributed by atoms with Crippen LogP contribution in [-0.2, 0) is 62.3 Å². The van der Waals surface area contributed by atoms with Gasteiger partial charge in [0.1, 0.15) is 30.5 Å². The van der Waals surface area contributed by atoms with E-state index in [1.165, 1.54) is 30.2 Å². The van der Waals surface area contributed by atoms with Gasteiger partial charge in [-0.1, -0.05) is 146 Å². The molecule has 0 spiro atoms. The topological polar surface area (TPSA) is 90.2 Å². The summed E-state index contributed by atoms with van der Waals surface area (Å²) >= 11 is 1.46. The zero-order chi connectivity index (χ0) is 41.2. The van der Waals surface area contributed by atoms with E-state index in [-0.39, 0.29) is 26.4 Å². The average Bonchev–Trinajstić information content (AvgIpc) is 4.15. The third kappa shape index (κ3) is 10.3. The van der Waals surface area contributed by atoms with Crippen LogP contribution in [0.15, 0.2) is 163 Å². The van der Waals surface area contributed by atoms with Crippen molar-refractivity contribution in [3.8, 4) is 6.07 Å². The first kappa shape index (κ1) is 41.6. The maximum Gasteiger partial charge on any atom is 0.222 e. The fraction of sp³-hybridized carbons (Fsp3) is 0.288. The summed E-state index contributed by atoms with van der Waals surface area (Å²) in [5, 5.41) is 24.1. The second kappa shape index (κ2) is 20.0. The predicted octanol–water partition coefficient (Wildman–Crippen LogP) is 10.3. The second-order valence-electron chi connectivity index (χ2n) is 15.6. The van der Waals surface area contributed by atoms with Crippen LogP contribution in [0.25, 0.3) is 0 Å². The third-order valence-electron chi connectivity index (χ3n) is 11.3. The Morgan fingerprint density at radius 2 is 1.17 bits per heavy atom. The second-order valence-corrected chi connectivity index (χ2v) is 16.5. The standard InChI is InChI=1S/C52H51NO6S/c1-60-48-30-45(29-44(46(48)31-53)28-37-22-24-42(25-23-37)43-26-27-43)52(54)51(58-35-41-20-12-5-13-21-41)50(57-34-40-18-10-4-11-19-40)49(56-33-39-16-8-3-9-17-39)47(59-52)36-55-32-38-14-6-2-7-15-38/h2-25,29-30,43,47,49-51,54H,26-28,32-36H2,1H3/t47-,49-,50+,51-,52?/m1/s1. The van der Waals surface area contributed by atoms with Gasteiger partial charge in [0.15, 0.2) is 0 Å². The summed E-state index contributed by atoms with van der Waals surface area (Å²) in [6, 6.07) is 54.8. The highest BCUT2D eigenvalue weighted by Crippen LogP contribution is 2.44. The van der Waals surface area contributed by atoms with Gasteiger partial charge in [0.25, 0.3) is 0 Å². The van der Waals surface area contributed by atoms with Gasteiger partial charge in [0, 0.05) is 10.5 Å². The van der Waals surface area contributed by atoms with E-state index in [0.29, 0.717) is 30.1 Å². The van der Waals surface area contributed by atoms with Crippen molar-refractivity contribution in [2.24, 2.45) is 0 Å². The highest BCUT2D eigenvalue weighted by Gasteiger charge is 2.57. The van der Waals surface area contributed by atoms with Gasteiger partial charge in [-0.15, -0.1) is 11.8 Å².